The molecule has 0 aliphatic rings. The van der Waals surface area contributed by atoms with E-state index in [2.05, 4.69) is 15.3 Å². The van der Waals surface area contributed by atoms with Gasteiger partial charge in [0.15, 0.2) is 10.7 Å². The van der Waals surface area contributed by atoms with Crippen molar-refractivity contribution in [1.29, 1.82) is 0 Å². The van der Waals surface area contributed by atoms with Crippen molar-refractivity contribution in [3.8, 4) is 11.5 Å². The van der Waals surface area contributed by atoms with E-state index in [1.54, 1.807) is 29.6 Å². The van der Waals surface area contributed by atoms with E-state index < -0.39 is 5.82 Å². The Kier molecular flexibility index (Phi) is 6.38. The van der Waals surface area contributed by atoms with Crippen molar-refractivity contribution >= 4 is 56.8 Å². The summed E-state index contributed by atoms with van der Waals surface area (Å²) in [6.45, 7) is 1.34. The molecule has 7 nitrogen and oxygen atoms in total. The number of hydrogen-bond acceptors (Lipinski definition) is 6. The van der Waals surface area contributed by atoms with Crippen LogP contribution in [0.5, 0.6) is 0 Å². The van der Waals surface area contributed by atoms with Crippen LogP contribution in [0.15, 0.2) is 88.7 Å². The predicted molar refractivity (Wildman–Crippen MR) is 138 cm³/mol. The quantitative estimate of drug-likeness (QED) is 0.273. The van der Waals surface area contributed by atoms with E-state index in [4.69, 9.17) is 4.42 Å². The van der Waals surface area contributed by atoms with Crippen molar-refractivity contribution in [2.24, 2.45) is 0 Å². The highest BCUT2D eigenvalue weighted by Crippen LogP contribution is 2.31. The second kappa shape index (κ2) is 9.93. The Labute approximate surface area is 209 Å². The molecule has 0 aliphatic heterocycles. The number of amides is 2. The van der Waals surface area contributed by atoms with Gasteiger partial charge in [0.05, 0.1) is 11.4 Å². The fraction of sp³-hybridized carbons (Fsp3) is 0.0370. The van der Waals surface area contributed by atoms with Crippen molar-refractivity contribution in [2.45, 2.75) is 6.92 Å². The molecule has 0 fully saturated rings. The molecule has 1 N–H and O–H groups in total. The number of thiazole rings is 1. The summed E-state index contributed by atoms with van der Waals surface area (Å²) in [4.78, 5) is 34.6. The third kappa shape index (κ3) is 4.91. The number of halogens is 1. The summed E-state index contributed by atoms with van der Waals surface area (Å²) in [6, 6.07) is 20.7. The van der Waals surface area contributed by atoms with E-state index in [1.807, 2.05) is 36.4 Å². The molecule has 0 atom stereocenters. The first-order valence-electron chi connectivity index (χ1n) is 10.9. The highest BCUT2D eigenvalue weighted by molar-refractivity contribution is 7.14. The van der Waals surface area contributed by atoms with E-state index >= 15 is 0 Å². The Morgan fingerprint density at radius 3 is 2.50 bits per heavy atom. The number of oxazole rings is 1. The Hall–Kier alpha value is -4.63. The Morgan fingerprint density at radius 1 is 1.00 bits per heavy atom. The van der Waals surface area contributed by atoms with E-state index in [9.17, 15) is 14.0 Å². The van der Waals surface area contributed by atoms with E-state index in [0.717, 1.165) is 11.1 Å². The summed E-state index contributed by atoms with van der Waals surface area (Å²) in [5.74, 6) is -0.745. The maximum atomic E-state index is 14.2. The van der Waals surface area contributed by atoms with Gasteiger partial charge in [0.25, 0.3) is 0 Å². The van der Waals surface area contributed by atoms with Gasteiger partial charge in [-0.25, -0.2) is 14.4 Å². The van der Waals surface area contributed by atoms with Crippen LogP contribution in [-0.2, 0) is 9.59 Å². The first-order chi connectivity index (χ1) is 17.5. The minimum atomic E-state index is -0.526. The zero-order valence-corrected chi connectivity index (χ0v) is 19.8. The van der Waals surface area contributed by atoms with E-state index in [0.29, 0.717) is 28.0 Å². The zero-order valence-electron chi connectivity index (χ0n) is 19.0. The van der Waals surface area contributed by atoms with Gasteiger partial charge >= 0.3 is 0 Å². The monoisotopic (exact) mass is 498 g/mol. The van der Waals surface area contributed by atoms with Gasteiger partial charge in [-0.05, 0) is 54.6 Å². The lowest BCUT2D eigenvalue weighted by Crippen LogP contribution is -2.23. The number of carbonyl (C=O) groups is 2. The number of aromatic nitrogens is 2. The molecule has 0 saturated carbocycles. The minimum absolute atomic E-state index is 0.119. The standard InChI is InChI=1S/C27H19FN4O3S/c1-17(33)32(23-8-4-2-6-21(23)28)27-30-20(16-36-27)14-15-25(34)29-19-12-10-18(11-13-19)26-31-22-7-3-5-9-24(22)35-26/h2-16H,1H3,(H,29,34). The summed E-state index contributed by atoms with van der Waals surface area (Å²) in [5, 5.41) is 4.78. The van der Waals surface area contributed by atoms with Gasteiger partial charge in [0.2, 0.25) is 17.7 Å². The smallest absolute Gasteiger partial charge is 0.248 e. The van der Waals surface area contributed by atoms with Gasteiger partial charge < -0.3 is 9.73 Å². The molecule has 2 amide bonds. The number of nitrogens with zero attached hydrogens (tertiary/aromatic N) is 3. The van der Waals surface area contributed by atoms with Crippen LogP contribution in [0.2, 0.25) is 0 Å². The molecule has 0 spiro atoms. The molecular weight excluding hydrogens is 479 g/mol. The number of para-hydroxylation sites is 3. The van der Waals surface area contributed by atoms with Crippen LogP contribution in [0.4, 0.5) is 20.9 Å². The Balaban J connectivity index is 1.25. The molecule has 5 aromatic rings. The molecule has 178 valence electrons. The molecule has 0 unspecified atom stereocenters. The SMILES string of the molecule is CC(=O)N(c1nc(C=CC(=O)Nc2ccc(-c3nc4ccccc4o3)cc2)cs1)c1ccccc1F. The third-order valence-electron chi connectivity index (χ3n) is 5.21. The summed E-state index contributed by atoms with van der Waals surface area (Å²) in [7, 11) is 0. The molecule has 0 aliphatic carbocycles. The molecule has 36 heavy (non-hydrogen) atoms. The summed E-state index contributed by atoms with van der Waals surface area (Å²) >= 11 is 1.18. The average Bonchev–Trinajstić information content (AvgIpc) is 3.52. The van der Waals surface area contributed by atoms with E-state index in [-0.39, 0.29) is 17.5 Å². The Bertz CT molecular complexity index is 1560. The molecule has 2 heterocycles. The molecule has 9 heteroatoms. The van der Waals surface area contributed by atoms with Gasteiger partial charge in [-0.1, -0.05) is 24.3 Å². The number of nitrogens with one attached hydrogen (secondary N) is 1. The number of benzene rings is 3. The molecule has 3 aromatic carbocycles. The van der Waals surface area contributed by atoms with Crippen molar-refractivity contribution in [3.63, 3.8) is 0 Å². The molecular formula is C27H19FN4O3S. The van der Waals surface area contributed by atoms with Crippen molar-refractivity contribution in [2.75, 3.05) is 10.2 Å². The number of hydrogen-bond donors (Lipinski definition) is 1. The molecule has 0 saturated heterocycles. The summed E-state index contributed by atoms with van der Waals surface area (Å²) in [6.07, 6.45) is 2.87. The van der Waals surface area contributed by atoms with Crippen LogP contribution in [-0.4, -0.2) is 21.8 Å². The normalized spacial score (nSPS) is 11.2. The number of rotatable bonds is 6. The van der Waals surface area contributed by atoms with Crippen molar-refractivity contribution < 1.29 is 18.4 Å². The third-order valence-corrected chi connectivity index (χ3v) is 6.05. The van der Waals surface area contributed by atoms with Crippen LogP contribution in [0.1, 0.15) is 12.6 Å². The van der Waals surface area contributed by atoms with Crippen molar-refractivity contribution in [3.05, 3.63) is 95.8 Å². The number of fused-ring (bicyclic) bond motifs is 1. The van der Waals surface area contributed by atoms with Crippen LogP contribution in [0, 0.1) is 5.82 Å². The second-order valence-electron chi connectivity index (χ2n) is 7.75. The lowest BCUT2D eigenvalue weighted by molar-refractivity contribution is -0.116. The van der Waals surface area contributed by atoms with Gasteiger partial charge in [-0.3, -0.25) is 14.5 Å². The zero-order chi connectivity index (χ0) is 25.1. The average molecular weight is 499 g/mol. The fourth-order valence-electron chi connectivity index (χ4n) is 3.53. The minimum Gasteiger partial charge on any atom is -0.436 e. The van der Waals surface area contributed by atoms with Crippen molar-refractivity contribution in [1.82, 2.24) is 9.97 Å². The highest BCUT2D eigenvalue weighted by atomic mass is 32.1. The first kappa shape index (κ1) is 23.1. The Morgan fingerprint density at radius 2 is 1.75 bits per heavy atom. The molecule has 0 bridgehead atoms. The van der Waals surface area contributed by atoms with Gasteiger partial charge in [-0.15, -0.1) is 11.3 Å². The number of anilines is 3. The number of carbonyl (C=O) groups excluding carboxylic acids is 2. The second-order valence-corrected chi connectivity index (χ2v) is 8.58. The van der Waals surface area contributed by atoms with Gasteiger partial charge in [0, 0.05) is 29.6 Å². The highest BCUT2D eigenvalue weighted by Gasteiger charge is 2.20. The van der Waals surface area contributed by atoms with Gasteiger partial charge in [-0.2, -0.15) is 0 Å². The van der Waals surface area contributed by atoms with Crippen LogP contribution >= 0.6 is 11.3 Å². The molecule has 0 radical (unpaired) electrons. The van der Waals surface area contributed by atoms with E-state index in [1.165, 1.54) is 47.4 Å². The summed E-state index contributed by atoms with van der Waals surface area (Å²) in [5.41, 5.74) is 3.47. The topological polar surface area (TPSA) is 88.3 Å². The fourth-order valence-corrected chi connectivity index (χ4v) is 4.38. The lowest BCUT2D eigenvalue weighted by atomic mass is 10.2. The van der Waals surface area contributed by atoms with Crippen LogP contribution in [0.3, 0.4) is 0 Å². The predicted octanol–water partition coefficient (Wildman–Crippen LogP) is 6.43. The maximum absolute atomic E-state index is 14.2. The van der Waals surface area contributed by atoms with Crippen LogP contribution < -0.4 is 10.2 Å². The molecule has 5 rings (SSSR count). The maximum Gasteiger partial charge on any atom is 0.248 e. The van der Waals surface area contributed by atoms with Gasteiger partial charge in [0.1, 0.15) is 11.3 Å². The first-order valence-corrected chi connectivity index (χ1v) is 11.8. The lowest BCUT2D eigenvalue weighted by Gasteiger charge is -2.18. The largest absolute Gasteiger partial charge is 0.436 e. The summed E-state index contributed by atoms with van der Waals surface area (Å²) < 4.78 is 20.0. The molecule has 2 aromatic heterocycles. The van der Waals surface area contributed by atoms with Crippen LogP contribution in [0.25, 0.3) is 28.6 Å².